The molecule has 0 bridgehead atoms. The van der Waals surface area contributed by atoms with Crippen LogP contribution in [0.1, 0.15) is 20.8 Å². The van der Waals surface area contributed by atoms with Gasteiger partial charge in [0.15, 0.2) is 12.0 Å². The number of carbonyl (C=O) groups excluding carboxylic acids is 1. The highest BCUT2D eigenvalue weighted by Crippen LogP contribution is 2.14. The molecule has 5 heteroatoms. The fourth-order valence-electron chi connectivity index (χ4n) is 0.840. The first-order chi connectivity index (χ1) is 6.93. The SMILES string of the molecule is COC(=N)/C(C=O)=N\[C@@H](C)/C(C)=C(/C)Cl. The zero-order valence-corrected chi connectivity index (χ0v) is 10.1. The van der Waals surface area contributed by atoms with Crippen molar-refractivity contribution in [2.75, 3.05) is 7.11 Å². The fraction of sp³-hybridized carbons (Fsp3) is 0.500. The molecule has 0 amide bonds. The van der Waals surface area contributed by atoms with E-state index in [-0.39, 0.29) is 17.7 Å². The molecule has 0 aliphatic heterocycles. The molecule has 0 saturated carbocycles. The van der Waals surface area contributed by atoms with Crippen LogP contribution in [0.15, 0.2) is 15.6 Å². The molecule has 0 radical (unpaired) electrons. The molecule has 84 valence electrons. The van der Waals surface area contributed by atoms with Crippen LogP contribution in [0, 0.1) is 5.41 Å². The van der Waals surface area contributed by atoms with Crippen molar-refractivity contribution in [1.29, 1.82) is 5.41 Å². The van der Waals surface area contributed by atoms with Crippen LogP contribution < -0.4 is 0 Å². The molecule has 0 spiro atoms. The van der Waals surface area contributed by atoms with Crippen LogP contribution in [0.3, 0.4) is 0 Å². The van der Waals surface area contributed by atoms with E-state index < -0.39 is 0 Å². The average Bonchev–Trinajstić information content (AvgIpc) is 2.22. The molecule has 0 heterocycles. The molecule has 0 rings (SSSR count). The molecule has 0 fully saturated rings. The van der Waals surface area contributed by atoms with Crippen molar-refractivity contribution < 1.29 is 9.53 Å². The third kappa shape index (κ3) is 4.25. The Morgan fingerprint density at radius 1 is 1.53 bits per heavy atom. The van der Waals surface area contributed by atoms with Crippen LogP contribution in [0.4, 0.5) is 0 Å². The summed E-state index contributed by atoms with van der Waals surface area (Å²) in [4.78, 5) is 14.7. The van der Waals surface area contributed by atoms with Gasteiger partial charge in [-0.1, -0.05) is 11.6 Å². The summed E-state index contributed by atoms with van der Waals surface area (Å²) in [6.45, 7) is 5.38. The summed E-state index contributed by atoms with van der Waals surface area (Å²) in [6.07, 6.45) is 0.499. The summed E-state index contributed by atoms with van der Waals surface area (Å²) in [7, 11) is 1.32. The van der Waals surface area contributed by atoms with Gasteiger partial charge in [0.05, 0.1) is 13.2 Å². The second-order valence-corrected chi connectivity index (χ2v) is 3.62. The Kier molecular flexibility index (Phi) is 5.86. The topological polar surface area (TPSA) is 62.5 Å². The van der Waals surface area contributed by atoms with Crippen LogP contribution in [0.25, 0.3) is 0 Å². The highest BCUT2D eigenvalue weighted by Gasteiger charge is 2.10. The van der Waals surface area contributed by atoms with E-state index >= 15 is 0 Å². The van der Waals surface area contributed by atoms with Gasteiger partial charge in [0.2, 0.25) is 5.90 Å². The minimum Gasteiger partial charge on any atom is -0.480 e. The lowest BCUT2D eigenvalue weighted by atomic mass is 10.1. The molecule has 1 atom stereocenters. The van der Waals surface area contributed by atoms with Crippen molar-refractivity contribution in [2.45, 2.75) is 26.8 Å². The van der Waals surface area contributed by atoms with Crippen molar-refractivity contribution in [1.82, 2.24) is 0 Å². The second-order valence-electron chi connectivity index (χ2n) is 3.06. The minimum atomic E-state index is -0.239. The highest BCUT2D eigenvalue weighted by atomic mass is 35.5. The van der Waals surface area contributed by atoms with Gasteiger partial charge in [-0.25, -0.2) is 0 Å². The van der Waals surface area contributed by atoms with E-state index in [1.165, 1.54) is 7.11 Å². The zero-order valence-electron chi connectivity index (χ0n) is 9.30. The molecule has 0 unspecified atom stereocenters. The molecule has 0 aliphatic rings. The fourth-order valence-corrected chi connectivity index (χ4v) is 0.998. The number of rotatable bonds is 4. The number of methoxy groups -OCH3 is 1. The Labute approximate surface area is 94.5 Å². The average molecular weight is 231 g/mol. The lowest BCUT2D eigenvalue weighted by Gasteiger charge is -2.09. The van der Waals surface area contributed by atoms with Crippen LogP contribution in [-0.2, 0) is 9.53 Å². The van der Waals surface area contributed by atoms with Crippen molar-refractivity contribution >= 4 is 29.5 Å². The minimum absolute atomic E-state index is 0.0118. The third-order valence-corrected chi connectivity index (χ3v) is 2.35. The predicted molar refractivity (Wildman–Crippen MR) is 61.9 cm³/mol. The maximum absolute atomic E-state index is 10.6. The molecule has 15 heavy (non-hydrogen) atoms. The first kappa shape index (κ1) is 13.8. The van der Waals surface area contributed by atoms with Crippen molar-refractivity contribution in [3.63, 3.8) is 0 Å². The van der Waals surface area contributed by atoms with Crippen molar-refractivity contribution in [3.05, 3.63) is 10.6 Å². The molecular formula is C10H15ClN2O2. The maximum Gasteiger partial charge on any atom is 0.235 e. The lowest BCUT2D eigenvalue weighted by molar-refractivity contribution is -0.102. The van der Waals surface area contributed by atoms with E-state index in [9.17, 15) is 4.79 Å². The number of aliphatic imine (C=N–C) groups is 1. The van der Waals surface area contributed by atoms with Crippen molar-refractivity contribution in [2.24, 2.45) is 4.99 Å². The van der Waals surface area contributed by atoms with Gasteiger partial charge >= 0.3 is 0 Å². The summed E-state index contributed by atoms with van der Waals surface area (Å²) < 4.78 is 4.62. The van der Waals surface area contributed by atoms with E-state index in [4.69, 9.17) is 17.0 Å². The first-order valence-electron chi connectivity index (χ1n) is 4.42. The lowest BCUT2D eigenvalue weighted by Crippen LogP contribution is -2.19. The number of hydrogen-bond donors (Lipinski definition) is 1. The number of nitrogens with one attached hydrogen (secondary N) is 1. The summed E-state index contributed by atoms with van der Waals surface area (Å²) in [6, 6.07) is -0.238. The molecule has 4 nitrogen and oxygen atoms in total. The number of aldehydes is 1. The summed E-state index contributed by atoms with van der Waals surface area (Å²) in [5.41, 5.74) is 0.849. The van der Waals surface area contributed by atoms with E-state index in [1.54, 1.807) is 13.8 Å². The first-order valence-corrected chi connectivity index (χ1v) is 4.80. The molecule has 0 saturated heterocycles. The molecular weight excluding hydrogens is 216 g/mol. The van der Waals surface area contributed by atoms with Gasteiger partial charge in [-0.2, -0.15) is 0 Å². The molecule has 0 aromatic heterocycles. The Morgan fingerprint density at radius 3 is 2.40 bits per heavy atom. The Balaban J connectivity index is 4.94. The third-order valence-electron chi connectivity index (χ3n) is 2.05. The van der Waals surface area contributed by atoms with Crippen LogP contribution >= 0.6 is 11.6 Å². The molecule has 1 N–H and O–H groups in total. The van der Waals surface area contributed by atoms with Gasteiger partial charge in [-0.3, -0.25) is 15.2 Å². The number of ether oxygens (including phenoxy) is 1. The summed E-state index contributed by atoms with van der Waals surface area (Å²) in [5, 5.41) is 7.94. The van der Waals surface area contributed by atoms with Gasteiger partial charge in [0, 0.05) is 5.03 Å². The smallest absolute Gasteiger partial charge is 0.235 e. The quantitative estimate of drug-likeness (QED) is 0.457. The number of hydrogen-bond acceptors (Lipinski definition) is 4. The van der Waals surface area contributed by atoms with Crippen LogP contribution in [0.2, 0.25) is 0 Å². The summed E-state index contributed by atoms with van der Waals surface area (Å²) in [5.74, 6) is -0.239. The number of halogens is 1. The van der Waals surface area contributed by atoms with Gasteiger partial charge in [-0.05, 0) is 26.3 Å². The number of allylic oxidation sites excluding steroid dienone is 1. The molecule has 0 aromatic carbocycles. The number of carbonyl (C=O) groups is 1. The normalized spacial score (nSPS) is 15.4. The van der Waals surface area contributed by atoms with E-state index in [1.807, 2.05) is 6.92 Å². The summed E-state index contributed by atoms with van der Waals surface area (Å²) >= 11 is 5.80. The molecule has 0 aromatic rings. The van der Waals surface area contributed by atoms with Crippen LogP contribution in [0.5, 0.6) is 0 Å². The monoisotopic (exact) mass is 230 g/mol. The largest absolute Gasteiger partial charge is 0.480 e. The Bertz CT molecular complexity index is 317. The van der Waals surface area contributed by atoms with E-state index in [0.29, 0.717) is 11.3 Å². The van der Waals surface area contributed by atoms with Gasteiger partial charge in [0.1, 0.15) is 0 Å². The van der Waals surface area contributed by atoms with Gasteiger partial charge < -0.3 is 4.74 Å². The standard InChI is InChI=1S/C10H15ClN2O2/c1-6(7(2)11)8(3)13-9(5-14)10(12)15-4/h5,8,12H,1-4H3/b7-6-,12-10?,13-9-/t8-/m0/s1. The second kappa shape index (κ2) is 6.35. The Hall–Kier alpha value is -1.16. The maximum atomic E-state index is 10.6. The van der Waals surface area contributed by atoms with E-state index in [0.717, 1.165) is 5.57 Å². The van der Waals surface area contributed by atoms with Gasteiger partial charge in [0.25, 0.3) is 0 Å². The highest BCUT2D eigenvalue weighted by molar-refractivity contribution is 6.59. The molecule has 0 aliphatic carbocycles. The van der Waals surface area contributed by atoms with Gasteiger partial charge in [-0.15, -0.1) is 0 Å². The van der Waals surface area contributed by atoms with Crippen LogP contribution in [-0.4, -0.2) is 31.0 Å². The Morgan fingerprint density at radius 2 is 2.07 bits per heavy atom. The number of nitrogens with zero attached hydrogens (tertiary/aromatic N) is 1. The predicted octanol–water partition coefficient (Wildman–Crippen LogP) is 2.17. The van der Waals surface area contributed by atoms with E-state index in [2.05, 4.69) is 9.73 Å². The van der Waals surface area contributed by atoms with Crippen molar-refractivity contribution in [3.8, 4) is 0 Å². The zero-order chi connectivity index (χ0) is 12.0.